The Balaban J connectivity index is 1.76. The fraction of sp³-hybridized carbons (Fsp3) is 0.414. The van der Waals surface area contributed by atoms with E-state index in [2.05, 4.69) is 12.1 Å². The summed E-state index contributed by atoms with van der Waals surface area (Å²) in [6.07, 6.45) is 6.74. The first-order valence-corrected chi connectivity index (χ1v) is 13.6. The molecule has 0 fully saturated rings. The maximum absolute atomic E-state index is 13.6. The van der Waals surface area contributed by atoms with Crippen LogP contribution in [-0.4, -0.2) is 27.1 Å². The number of thiophene rings is 1. The molecule has 1 unspecified atom stereocenters. The molecule has 1 atom stereocenters. The Hall–Kier alpha value is -3.95. The minimum absolute atomic E-state index is 0.0214. The van der Waals surface area contributed by atoms with Gasteiger partial charge in [-0.3, -0.25) is 9.69 Å². The smallest absolute Gasteiger partial charge is 0.203 e. The van der Waals surface area contributed by atoms with Crippen LogP contribution in [0.3, 0.4) is 0 Å². The molecule has 1 aliphatic heterocycles. The molecule has 8 nitrogen and oxygen atoms in total. The van der Waals surface area contributed by atoms with Gasteiger partial charge in [-0.05, 0) is 61.8 Å². The number of rotatable bonds is 5. The number of methoxy groups -OCH3 is 3. The van der Waals surface area contributed by atoms with Crippen LogP contribution in [0.4, 0.5) is 5.00 Å². The van der Waals surface area contributed by atoms with E-state index in [1.807, 2.05) is 4.90 Å². The van der Waals surface area contributed by atoms with Crippen LogP contribution < -0.4 is 24.8 Å². The Morgan fingerprint density at radius 3 is 2.29 bits per heavy atom. The van der Waals surface area contributed by atoms with Gasteiger partial charge in [0.05, 0.1) is 44.5 Å². The summed E-state index contributed by atoms with van der Waals surface area (Å²) in [6, 6.07) is 8.27. The van der Waals surface area contributed by atoms with Crippen molar-refractivity contribution in [3.05, 3.63) is 56.4 Å². The lowest BCUT2D eigenvalue weighted by Crippen LogP contribution is -2.38. The van der Waals surface area contributed by atoms with E-state index in [-0.39, 0.29) is 17.2 Å². The Morgan fingerprint density at radius 1 is 0.947 bits per heavy atom. The second kappa shape index (κ2) is 10.4. The first-order valence-electron chi connectivity index (χ1n) is 12.8. The average molecular weight is 531 g/mol. The Morgan fingerprint density at radius 2 is 1.66 bits per heavy atom. The summed E-state index contributed by atoms with van der Waals surface area (Å²) in [6.45, 7) is 0. The number of aryl methyl sites for hydroxylation is 1. The van der Waals surface area contributed by atoms with Gasteiger partial charge in [0.25, 0.3) is 0 Å². The summed E-state index contributed by atoms with van der Waals surface area (Å²) in [7, 11) is 4.58. The number of ketones is 1. The molecule has 2 aromatic rings. The highest BCUT2D eigenvalue weighted by Crippen LogP contribution is 2.51. The minimum Gasteiger partial charge on any atom is -0.493 e. The van der Waals surface area contributed by atoms with Gasteiger partial charge >= 0.3 is 0 Å². The van der Waals surface area contributed by atoms with Crippen LogP contribution in [0.2, 0.25) is 0 Å². The predicted octanol–water partition coefficient (Wildman–Crippen LogP) is 5.22. The molecule has 0 bridgehead atoms. The van der Waals surface area contributed by atoms with Gasteiger partial charge in [0.2, 0.25) is 5.75 Å². The van der Waals surface area contributed by atoms with E-state index in [4.69, 9.17) is 19.9 Å². The van der Waals surface area contributed by atoms with Crippen LogP contribution in [-0.2, 0) is 17.6 Å². The van der Waals surface area contributed by atoms with Crippen molar-refractivity contribution in [2.45, 2.75) is 57.3 Å². The number of carbonyl (C=O) groups excluding carboxylic acids is 1. The summed E-state index contributed by atoms with van der Waals surface area (Å²) in [5.41, 5.74) is 10.7. The monoisotopic (exact) mass is 530 g/mol. The van der Waals surface area contributed by atoms with E-state index in [9.17, 15) is 15.3 Å². The SMILES string of the molecule is COc1cc(C2C(C#N)=C(N)N(c3sc4c(c3C#N)CCCCC4)C3=C2C(=O)CCC3)cc(OC)c1OC. The molecule has 9 heteroatoms. The van der Waals surface area contributed by atoms with Crippen molar-refractivity contribution in [3.63, 3.8) is 0 Å². The standard InChI is InChI=1S/C29H30N4O4S/c1-35-22-12-16(13-23(36-2)27(22)37-3)25-19(15-31)28(32)33(20-9-7-10-21(34)26(20)25)29-18(14-30)17-8-5-4-6-11-24(17)38-29/h12-13,25H,4-11,32H2,1-3H3. The molecule has 0 saturated carbocycles. The van der Waals surface area contributed by atoms with Crippen LogP contribution in [0.25, 0.3) is 0 Å². The van der Waals surface area contributed by atoms with E-state index in [0.29, 0.717) is 53.2 Å². The molecule has 0 saturated heterocycles. The molecular weight excluding hydrogens is 500 g/mol. The Bertz CT molecular complexity index is 1430. The van der Waals surface area contributed by atoms with Crippen molar-refractivity contribution in [3.8, 4) is 29.4 Å². The van der Waals surface area contributed by atoms with Crippen LogP contribution in [0.1, 0.15) is 66.0 Å². The molecular formula is C29H30N4O4S. The van der Waals surface area contributed by atoms with E-state index in [1.54, 1.807) is 23.5 Å². The van der Waals surface area contributed by atoms with Gasteiger partial charge < -0.3 is 19.9 Å². The molecule has 196 valence electrons. The third-order valence-electron chi connectivity index (χ3n) is 7.65. The summed E-state index contributed by atoms with van der Waals surface area (Å²) >= 11 is 1.57. The Labute approximate surface area is 226 Å². The molecule has 0 amide bonds. The number of carbonyl (C=O) groups is 1. The van der Waals surface area contributed by atoms with Crippen molar-refractivity contribution in [1.82, 2.24) is 0 Å². The van der Waals surface area contributed by atoms with Crippen LogP contribution in [0.5, 0.6) is 17.2 Å². The van der Waals surface area contributed by atoms with Gasteiger partial charge in [0, 0.05) is 22.6 Å². The summed E-state index contributed by atoms with van der Waals surface area (Å²) in [5, 5.41) is 21.4. The molecule has 1 aromatic heterocycles. The van der Waals surface area contributed by atoms with Crippen molar-refractivity contribution in [2.75, 3.05) is 26.2 Å². The molecule has 5 rings (SSSR count). The number of ether oxygens (including phenoxy) is 3. The first kappa shape index (κ1) is 25.7. The molecule has 2 N–H and O–H groups in total. The minimum atomic E-state index is -0.684. The van der Waals surface area contributed by atoms with Crippen LogP contribution >= 0.6 is 11.3 Å². The van der Waals surface area contributed by atoms with Gasteiger partial charge in [-0.2, -0.15) is 10.5 Å². The van der Waals surface area contributed by atoms with Gasteiger partial charge in [0.1, 0.15) is 16.9 Å². The summed E-state index contributed by atoms with van der Waals surface area (Å²) < 4.78 is 16.6. The Kier molecular flexibility index (Phi) is 7.05. The van der Waals surface area contributed by atoms with Crippen LogP contribution in [0, 0.1) is 22.7 Å². The fourth-order valence-corrected chi connectivity index (χ4v) is 7.30. The molecule has 0 radical (unpaired) electrons. The first-order chi connectivity index (χ1) is 18.5. The molecule has 38 heavy (non-hydrogen) atoms. The maximum atomic E-state index is 13.6. The largest absolute Gasteiger partial charge is 0.493 e. The zero-order valence-corrected chi connectivity index (χ0v) is 22.7. The van der Waals surface area contributed by atoms with E-state index < -0.39 is 5.92 Å². The number of nitriles is 2. The van der Waals surface area contributed by atoms with Crippen molar-refractivity contribution in [1.29, 1.82) is 10.5 Å². The number of benzene rings is 1. The second-order valence-corrected chi connectivity index (χ2v) is 10.7. The third-order valence-corrected chi connectivity index (χ3v) is 8.93. The molecule has 2 aliphatic carbocycles. The quantitative estimate of drug-likeness (QED) is 0.522. The van der Waals surface area contributed by atoms with Gasteiger partial charge in [0.15, 0.2) is 17.3 Å². The number of Topliss-reactive ketones (excluding diaryl/α,β-unsaturated/α-hetero) is 1. The number of hydrogen-bond donors (Lipinski definition) is 1. The lowest BCUT2D eigenvalue weighted by molar-refractivity contribution is -0.116. The van der Waals surface area contributed by atoms with E-state index in [0.717, 1.165) is 48.4 Å². The normalized spacial score (nSPS) is 19.2. The fourth-order valence-electron chi connectivity index (χ4n) is 5.92. The lowest BCUT2D eigenvalue weighted by atomic mass is 9.75. The lowest BCUT2D eigenvalue weighted by Gasteiger charge is -2.39. The number of nitrogens with zero attached hydrogens (tertiary/aromatic N) is 3. The van der Waals surface area contributed by atoms with E-state index >= 15 is 0 Å². The number of allylic oxidation sites excluding steroid dienone is 3. The van der Waals surface area contributed by atoms with Gasteiger partial charge in [-0.15, -0.1) is 11.3 Å². The van der Waals surface area contributed by atoms with Gasteiger partial charge in [-0.1, -0.05) is 6.42 Å². The van der Waals surface area contributed by atoms with Crippen LogP contribution in [0.15, 0.2) is 34.8 Å². The maximum Gasteiger partial charge on any atom is 0.203 e. The number of hydrogen-bond acceptors (Lipinski definition) is 9. The molecule has 3 aliphatic rings. The highest BCUT2D eigenvalue weighted by molar-refractivity contribution is 7.16. The zero-order chi connectivity index (χ0) is 27.0. The second-order valence-electron chi connectivity index (χ2n) is 9.63. The third kappa shape index (κ3) is 3.99. The summed E-state index contributed by atoms with van der Waals surface area (Å²) in [5.74, 6) is 0.837. The highest BCUT2D eigenvalue weighted by atomic mass is 32.1. The van der Waals surface area contributed by atoms with Crippen molar-refractivity contribution in [2.24, 2.45) is 5.73 Å². The average Bonchev–Trinajstić information content (AvgIpc) is 3.11. The van der Waals surface area contributed by atoms with Gasteiger partial charge in [-0.25, -0.2) is 0 Å². The zero-order valence-electron chi connectivity index (χ0n) is 21.8. The molecule has 2 heterocycles. The number of nitrogens with two attached hydrogens (primary N) is 1. The van der Waals surface area contributed by atoms with Crippen molar-refractivity contribution >= 4 is 22.1 Å². The van der Waals surface area contributed by atoms with E-state index in [1.165, 1.54) is 26.2 Å². The number of fused-ring (bicyclic) bond motifs is 1. The highest BCUT2D eigenvalue weighted by Gasteiger charge is 2.42. The molecule has 1 aromatic carbocycles. The summed E-state index contributed by atoms with van der Waals surface area (Å²) in [4.78, 5) is 16.6. The predicted molar refractivity (Wildman–Crippen MR) is 144 cm³/mol. The number of anilines is 1. The topological polar surface area (TPSA) is 122 Å². The van der Waals surface area contributed by atoms with Crippen molar-refractivity contribution < 1.29 is 19.0 Å². The molecule has 0 spiro atoms.